The second kappa shape index (κ2) is 7.54. The molecule has 24 heavy (non-hydrogen) atoms. The summed E-state index contributed by atoms with van der Waals surface area (Å²) in [7, 11) is -3.97. The Morgan fingerprint density at radius 3 is 2.50 bits per heavy atom. The van der Waals surface area contributed by atoms with Gasteiger partial charge in [0.25, 0.3) is 10.0 Å². The number of rotatable bonds is 7. The zero-order valence-electron chi connectivity index (χ0n) is 12.9. The molecule has 130 valence electrons. The molecule has 0 radical (unpaired) electrons. The lowest BCUT2D eigenvalue weighted by molar-refractivity contribution is 0.302. The number of likely N-dealkylation sites (N-methyl/N-ethyl adjacent to an activating group) is 1. The topological polar surface area (TPSA) is 82.5 Å². The van der Waals surface area contributed by atoms with Gasteiger partial charge in [-0.05, 0) is 31.2 Å². The number of hydrogen-bond donors (Lipinski definition) is 2. The van der Waals surface area contributed by atoms with Crippen molar-refractivity contribution in [2.75, 3.05) is 29.3 Å². The number of hydrogen-bond acceptors (Lipinski definition) is 5. The number of halogens is 2. The molecule has 1 aromatic carbocycles. The van der Waals surface area contributed by atoms with Crippen LogP contribution in [0, 0.1) is 11.6 Å². The van der Waals surface area contributed by atoms with E-state index in [1.54, 1.807) is 4.90 Å². The third-order valence-corrected chi connectivity index (χ3v) is 4.65. The summed E-state index contributed by atoms with van der Waals surface area (Å²) < 4.78 is 52.7. The van der Waals surface area contributed by atoms with Crippen LogP contribution in [0.1, 0.15) is 6.92 Å². The average molecular weight is 357 g/mol. The lowest BCUT2D eigenvalue weighted by atomic mass is 10.3. The number of sulfonamides is 1. The number of pyridine rings is 1. The Kier molecular flexibility index (Phi) is 5.68. The number of aliphatic hydroxyl groups excluding tert-OH is 1. The maximum Gasteiger partial charge on any atom is 0.263 e. The van der Waals surface area contributed by atoms with Crippen LogP contribution in [-0.4, -0.2) is 38.2 Å². The van der Waals surface area contributed by atoms with Gasteiger partial charge in [0, 0.05) is 25.4 Å². The molecule has 0 spiro atoms. The molecule has 0 saturated heterocycles. The number of aliphatic hydroxyl groups is 1. The van der Waals surface area contributed by atoms with E-state index in [0.717, 1.165) is 24.4 Å². The largest absolute Gasteiger partial charge is 0.395 e. The van der Waals surface area contributed by atoms with Crippen molar-refractivity contribution in [1.29, 1.82) is 0 Å². The molecule has 1 aromatic heterocycles. The van der Waals surface area contributed by atoms with Gasteiger partial charge in [0.05, 0.1) is 12.3 Å². The van der Waals surface area contributed by atoms with Gasteiger partial charge in [0.2, 0.25) is 0 Å². The first-order valence-corrected chi connectivity index (χ1v) is 8.65. The van der Waals surface area contributed by atoms with Crippen LogP contribution in [0.2, 0.25) is 0 Å². The van der Waals surface area contributed by atoms with Crippen molar-refractivity contribution in [2.45, 2.75) is 11.8 Å². The minimum Gasteiger partial charge on any atom is -0.395 e. The Hall–Kier alpha value is -2.26. The second-order valence-electron chi connectivity index (χ2n) is 4.89. The molecule has 0 unspecified atom stereocenters. The van der Waals surface area contributed by atoms with E-state index >= 15 is 0 Å². The minimum absolute atomic E-state index is 0.0484. The summed E-state index contributed by atoms with van der Waals surface area (Å²) >= 11 is 0. The molecule has 2 aromatic rings. The summed E-state index contributed by atoms with van der Waals surface area (Å²) in [6, 6.07) is 5.58. The van der Waals surface area contributed by atoms with Crippen LogP contribution in [-0.2, 0) is 10.0 Å². The Bertz CT molecular complexity index is 798. The van der Waals surface area contributed by atoms with Crippen LogP contribution in [0.3, 0.4) is 0 Å². The van der Waals surface area contributed by atoms with Gasteiger partial charge < -0.3 is 10.0 Å². The van der Waals surface area contributed by atoms with Crippen molar-refractivity contribution in [2.24, 2.45) is 0 Å². The van der Waals surface area contributed by atoms with Crippen molar-refractivity contribution < 1.29 is 22.3 Å². The van der Waals surface area contributed by atoms with Gasteiger partial charge in [-0.25, -0.2) is 22.2 Å². The number of nitrogens with zero attached hydrogens (tertiary/aromatic N) is 2. The highest BCUT2D eigenvalue weighted by molar-refractivity contribution is 7.92. The molecule has 0 aliphatic carbocycles. The Morgan fingerprint density at radius 1 is 1.21 bits per heavy atom. The monoisotopic (exact) mass is 357 g/mol. The van der Waals surface area contributed by atoms with Gasteiger partial charge in [-0.2, -0.15) is 0 Å². The third kappa shape index (κ3) is 4.18. The van der Waals surface area contributed by atoms with Crippen LogP contribution in [0.5, 0.6) is 0 Å². The van der Waals surface area contributed by atoms with E-state index < -0.39 is 21.7 Å². The molecule has 0 fully saturated rings. The van der Waals surface area contributed by atoms with Gasteiger partial charge in [-0.3, -0.25) is 4.72 Å². The SMILES string of the molecule is CCN(CCO)c1ccc(S(=O)(=O)Nc2ccc(F)c(F)c2)cn1. The molecule has 0 amide bonds. The fraction of sp³-hybridized carbons (Fsp3) is 0.267. The molecule has 9 heteroatoms. The number of nitrogens with one attached hydrogen (secondary N) is 1. The molecule has 0 saturated carbocycles. The zero-order chi connectivity index (χ0) is 17.7. The first kappa shape index (κ1) is 18.1. The molecule has 0 aliphatic rings. The van der Waals surface area contributed by atoms with E-state index in [1.807, 2.05) is 6.92 Å². The molecule has 2 rings (SSSR count). The zero-order valence-corrected chi connectivity index (χ0v) is 13.7. The highest BCUT2D eigenvalue weighted by Crippen LogP contribution is 2.19. The van der Waals surface area contributed by atoms with Crippen LogP contribution in [0.25, 0.3) is 0 Å². The van der Waals surface area contributed by atoms with Gasteiger partial charge in [0.1, 0.15) is 10.7 Å². The Labute approximate surface area is 138 Å². The second-order valence-corrected chi connectivity index (χ2v) is 6.57. The quantitative estimate of drug-likeness (QED) is 0.792. The van der Waals surface area contributed by atoms with Crippen molar-refractivity contribution in [3.8, 4) is 0 Å². The number of aromatic nitrogens is 1. The predicted molar refractivity (Wildman–Crippen MR) is 86.4 cm³/mol. The fourth-order valence-corrected chi connectivity index (χ4v) is 3.04. The number of benzene rings is 1. The smallest absolute Gasteiger partial charge is 0.263 e. The molecule has 0 aliphatic heterocycles. The number of anilines is 2. The third-order valence-electron chi connectivity index (χ3n) is 3.28. The first-order valence-electron chi connectivity index (χ1n) is 7.17. The molecule has 2 N–H and O–H groups in total. The molecule has 1 heterocycles. The van der Waals surface area contributed by atoms with Crippen LogP contribution in [0.4, 0.5) is 20.3 Å². The molecule has 0 bridgehead atoms. The van der Waals surface area contributed by atoms with E-state index in [0.29, 0.717) is 18.9 Å². The van der Waals surface area contributed by atoms with Crippen LogP contribution < -0.4 is 9.62 Å². The lowest BCUT2D eigenvalue weighted by Gasteiger charge is -2.20. The predicted octanol–water partition coefficient (Wildman–Crippen LogP) is 1.98. The van der Waals surface area contributed by atoms with Gasteiger partial charge in [-0.15, -0.1) is 0 Å². The molecule has 6 nitrogen and oxygen atoms in total. The van der Waals surface area contributed by atoms with Crippen molar-refractivity contribution in [3.63, 3.8) is 0 Å². The summed E-state index contributed by atoms with van der Waals surface area (Å²) in [6.07, 6.45) is 1.16. The average Bonchev–Trinajstić information content (AvgIpc) is 2.56. The summed E-state index contributed by atoms with van der Waals surface area (Å²) in [5.41, 5.74) is -0.0894. The highest BCUT2D eigenvalue weighted by atomic mass is 32.2. The molecule has 0 atom stereocenters. The minimum atomic E-state index is -3.97. The van der Waals surface area contributed by atoms with Gasteiger partial charge in [0.15, 0.2) is 11.6 Å². The summed E-state index contributed by atoms with van der Waals surface area (Å²) in [6.45, 7) is 2.81. The van der Waals surface area contributed by atoms with Crippen LogP contribution >= 0.6 is 0 Å². The lowest BCUT2D eigenvalue weighted by Crippen LogP contribution is -2.27. The van der Waals surface area contributed by atoms with Crippen LogP contribution in [0.15, 0.2) is 41.4 Å². The van der Waals surface area contributed by atoms with E-state index in [-0.39, 0.29) is 17.2 Å². The van der Waals surface area contributed by atoms with E-state index in [4.69, 9.17) is 5.11 Å². The standard InChI is InChI=1S/C15H17F2N3O3S/c1-2-20(7-8-21)15-6-4-12(10-18-15)24(22,23)19-11-3-5-13(16)14(17)9-11/h3-6,9-10,19,21H,2,7-8H2,1H3. The Balaban J connectivity index is 2.21. The highest BCUT2D eigenvalue weighted by Gasteiger charge is 2.16. The van der Waals surface area contributed by atoms with E-state index in [9.17, 15) is 17.2 Å². The normalized spacial score (nSPS) is 11.3. The van der Waals surface area contributed by atoms with Gasteiger partial charge >= 0.3 is 0 Å². The maximum absolute atomic E-state index is 13.2. The van der Waals surface area contributed by atoms with E-state index in [1.165, 1.54) is 12.1 Å². The fourth-order valence-electron chi connectivity index (χ4n) is 2.05. The van der Waals surface area contributed by atoms with E-state index in [2.05, 4.69) is 9.71 Å². The Morgan fingerprint density at radius 2 is 1.96 bits per heavy atom. The van der Waals surface area contributed by atoms with Gasteiger partial charge in [-0.1, -0.05) is 0 Å². The van der Waals surface area contributed by atoms with Crippen molar-refractivity contribution in [3.05, 3.63) is 48.2 Å². The summed E-state index contributed by atoms with van der Waals surface area (Å²) in [5.74, 6) is -1.68. The molecular weight excluding hydrogens is 340 g/mol. The van der Waals surface area contributed by atoms with Crippen molar-refractivity contribution in [1.82, 2.24) is 4.98 Å². The maximum atomic E-state index is 13.2. The van der Waals surface area contributed by atoms with Crippen molar-refractivity contribution >= 4 is 21.5 Å². The molecular formula is C15H17F2N3O3S. The summed E-state index contributed by atoms with van der Waals surface area (Å²) in [5, 5.41) is 8.99. The summed E-state index contributed by atoms with van der Waals surface area (Å²) in [4.78, 5) is 5.73. The first-order chi connectivity index (χ1) is 11.4.